The van der Waals surface area contributed by atoms with Crippen LogP contribution in [-0.4, -0.2) is 18.2 Å². The maximum atomic E-state index is 11.2. The molecule has 0 saturated carbocycles. The highest BCUT2D eigenvalue weighted by molar-refractivity contribution is 5.90. The lowest BCUT2D eigenvalue weighted by molar-refractivity contribution is 0.0599. The van der Waals surface area contributed by atoms with Crippen LogP contribution < -0.4 is 0 Å². The molecule has 0 bridgehead atoms. The van der Waals surface area contributed by atoms with E-state index in [1.807, 2.05) is 6.92 Å². The highest BCUT2D eigenvalue weighted by atomic mass is 16.5. The smallest absolute Gasteiger partial charge is 0.338 e. The Balaban J connectivity index is 3.07. The number of esters is 1. The predicted octanol–water partition coefficient (Wildman–Crippen LogP) is 1.83. The molecule has 1 N–H and O–H groups in total. The molecular weight excluding hydrogens is 180 g/mol. The van der Waals surface area contributed by atoms with E-state index in [1.165, 1.54) is 7.11 Å². The number of hydrogen-bond acceptors (Lipinski definition) is 3. The molecular formula is C11H14O3. The molecule has 3 nitrogen and oxygen atoms in total. The fourth-order valence-electron chi connectivity index (χ4n) is 1.29. The second-order valence-corrected chi connectivity index (χ2v) is 3.24. The van der Waals surface area contributed by atoms with Crippen LogP contribution in [0.4, 0.5) is 0 Å². The maximum absolute atomic E-state index is 11.2. The number of aliphatic hydroxyl groups excluding tert-OH is 1. The van der Waals surface area contributed by atoms with Gasteiger partial charge in [0, 0.05) is 0 Å². The van der Waals surface area contributed by atoms with E-state index in [2.05, 4.69) is 4.74 Å². The van der Waals surface area contributed by atoms with Crippen LogP contribution in [-0.2, 0) is 4.74 Å². The van der Waals surface area contributed by atoms with E-state index in [9.17, 15) is 9.90 Å². The minimum absolute atomic E-state index is 0.348. The van der Waals surface area contributed by atoms with Gasteiger partial charge in [-0.15, -0.1) is 0 Å². The predicted molar refractivity (Wildman–Crippen MR) is 53.2 cm³/mol. The van der Waals surface area contributed by atoms with E-state index >= 15 is 0 Å². The van der Waals surface area contributed by atoms with Crippen molar-refractivity contribution in [3.63, 3.8) is 0 Å². The van der Waals surface area contributed by atoms with Crippen molar-refractivity contribution in [2.45, 2.75) is 20.0 Å². The minimum Gasteiger partial charge on any atom is -0.465 e. The van der Waals surface area contributed by atoms with Gasteiger partial charge in [-0.1, -0.05) is 12.1 Å². The molecule has 14 heavy (non-hydrogen) atoms. The first-order valence-electron chi connectivity index (χ1n) is 4.43. The number of benzene rings is 1. The summed E-state index contributed by atoms with van der Waals surface area (Å²) >= 11 is 0. The van der Waals surface area contributed by atoms with Gasteiger partial charge >= 0.3 is 5.97 Å². The highest BCUT2D eigenvalue weighted by Crippen LogP contribution is 2.17. The van der Waals surface area contributed by atoms with Crippen LogP contribution in [0, 0.1) is 6.92 Å². The first-order valence-corrected chi connectivity index (χ1v) is 4.43. The number of hydrogen-bond donors (Lipinski definition) is 1. The number of methoxy groups -OCH3 is 1. The fourth-order valence-corrected chi connectivity index (χ4v) is 1.29. The summed E-state index contributed by atoms with van der Waals surface area (Å²) in [5.74, 6) is -0.348. The van der Waals surface area contributed by atoms with Crippen LogP contribution in [0.2, 0.25) is 0 Å². The summed E-state index contributed by atoms with van der Waals surface area (Å²) in [5.41, 5.74) is 2.15. The fraction of sp³-hybridized carbons (Fsp3) is 0.364. The average Bonchev–Trinajstić information content (AvgIpc) is 2.16. The Bertz CT molecular complexity index is 342. The average molecular weight is 194 g/mol. The molecule has 1 unspecified atom stereocenters. The standard InChI is InChI=1S/C11H14O3/c1-7-6-9(8(2)12)4-5-10(7)11(13)14-3/h4-6,8,12H,1-3H3. The number of aliphatic hydroxyl groups is 1. The van der Waals surface area contributed by atoms with Gasteiger partial charge in [-0.05, 0) is 31.0 Å². The normalized spacial score (nSPS) is 12.3. The summed E-state index contributed by atoms with van der Waals surface area (Å²) in [5, 5.41) is 9.32. The summed E-state index contributed by atoms with van der Waals surface area (Å²) in [6.45, 7) is 3.50. The van der Waals surface area contributed by atoms with Gasteiger partial charge in [-0.25, -0.2) is 4.79 Å². The van der Waals surface area contributed by atoms with Crippen LogP contribution in [0.25, 0.3) is 0 Å². The lowest BCUT2D eigenvalue weighted by atomic mass is 10.0. The van der Waals surface area contributed by atoms with Crippen molar-refractivity contribution in [1.82, 2.24) is 0 Å². The minimum atomic E-state index is -0.514. The molecule has 0 fully saturated rings. The van der Waals surface area contributed by atoms with Gasteiger partial charge in [0.25, 0.3) is 0 Å². The van der Waals surface area contributed by atoms with Gasteiger partial charge in [0.15, 0.2) is 0 Å². The van der Waals surface area contributed by atoms with E-state index in [-0.39, 0.29) is 5.97 Å². The van der Waals surface area contributed by atoms with E-state index in [0.29, 0.717) is 5.56 Å². The topological polar surface area (TPSA) is 46.5 Å². The van der Waals surface area contributed by atoms with E-state index in [4.69, 9.17) is 0 Å². The van der Waals surface area contributed by atoms with Crippen LogP contribution in [0.3, 0.4) is 0 Å². The van der Waals surface area contributed by atoms with Gasteiger partial charge in [-0.3, -0.25) is 0 Å². The van der Waals surface area contributed by atoms with Crippen molar-refractivity contribution >= 4 is 5.97 Å². The quantitative estimate of drug-likeness (QED) is 0.730. The summed E-state index contributed by atoms with van der Waals surface area (Å²) in [6, 6.07) is 5.18. The number of ether oxygens (including phenoxy) is 1. The zero-order chi connectivity index (χ0) is 10.7. The molecule has 0 heterocycles. The molecule has 0 aliphatic heterocycles. The molecule has 0 amide bonds. The third-order valence-electron chi connectivity index (χ3n) is 2.14. The molecule has 0 aliphatic rings. The first-order chi connectivity index (χ1) is 6.56. The zero-order valence-electron chi connectivity index (χ0n) is 8.57. The molecule has 0 radical (unpaired) electrons. The third-order valence-corrected chi connectivity index (χ3v) is 2.14. The summed E-state index contributed by atoms with van der Waals surface area (Å²) in [4.78, 5) is 11.2. The molecule has 1 aromatic carbocycles. The van der Waals surface area contributed by atoms with Crippen LogP contribution >= 0.6 is 0 Å². The Labute approximate surface area is 83.3 Å². The molecule has 0 aliphatic carbocycles. The first kappa shape index (κ1) is 10.7. The lowest BCUT2D eigenvalue weighted by Gasteiger charge is -2.08. The molecule has 0 saturated heterocycles. The maximum Gasteiger partial charge on any atom is 0.338 e. The van der Waals surface area contributed by atoms with Crippen molar-refractivity contribution in [1.29, 1.82) is 0 Å². The Hall–Kier alpha value is -1.35. The second kappa shape index (κ2) is 4.24. The Morgan fingerprint density at radius 2 is 2.14 bits per heavy atom. The Morgan fingerprint density at radius 3 is 2.57 bits per heavy atom. The Morgan fingerprint density at radius 1 is 1.50 bits per heavy atom. The van der Waals surface area contributed by atoms with Gasteiger partial charge in [-0.2, -0.15) is 0 Å². The number of carbonyl (C=O) groups excluding carboxylic acids is 1. The van der Waals surface area contributed by atoms with Crippen molar-refractivity contribution in [2.75, 3.05) is 7.11 Å². The molecule has 1 rings (SSSR count). The van der Waals surface area contributed by atoms with Gasteiger partial charge in [0.1, 0.15) is 0 Å². The van der Waals surface area contributed by atoms with E-state index in [0.717, 1.165) is 11.1 Å². The van der Waals surface area contributed by atoms with Gasteiger partial charge in [0.2, 0.25) is 0 Å². The lowest BCUT2D eigenvalue weighted by Crippen LogP contribution is -2.04. The van der Waals surface area contributed by atoms with Crippen molar-refractivity contribution < 1.29 is 14.6 Å². The monoisotopic (exact) mass is 194 g/mol. The number of carbonyl (C=O) groups is 1. The summed E-state index contributed by atoms with van der Waals surface area (Å²) < 4.78 is 4.62. The van der Waals surface area contributed by atoms with E-state index in [1.54, 1.807) is 25.1 Å². The second-order valence-electron chi connectivity index (χ2n) is 3.24. The SMILES string of the molecule is COC(=O)c1ccc(C(C)O)cc1C. The van der Waals surface area contributed by atoms with Crippen molar-refractivity contribution in [2.24, 2.45) is 0 Å². The number of aryl methyl sites for hydroxylation is 1. The van der Waals surface area contributed by atoms with Crippen molar-refractivity contribution in [3.05, 3.63) is 34.9 Å². The highest BCUT2D eigenvalue weighted by Gasteiger charge is 2.10. The molecule has 1 atom stereocenters. The molecule has 1 aromatic rings. The molecule has 0 aromatic heterocycles. The molecule has 0 spiro atoms. The summed E-state index contributed by atoms with van der Waals surface area (Å²) in [7, 11) is 1.35. The van der Waals surface area contributed by atoms with Crippen LogP contribution in [0.5, 0.6) is 0 Å². The molecule has 3 heteroatoms. The van der Waals surface area contributed by atoms with Crippen LogP contribution in [0.1, 0.15) is 34.5 Å². The van der Waals surface area contributed by atoms with E-state index < -0.39 is 6.10 Å². The summed E-state index contributed by atoms with van der Waals surface area (Å²) in [6.07, 6.45) is -0.514. The number of rotatable bonds is 2. The third kappa shape index (κ3) is 2.12. The van der Waals surface area contributed by atoms with Crippen molar-refractivity contribution in [3.8, 4) is 0 Å². The Kier molecular flexibility index (Phi) is 3.25. The van der Waals surface area contributed by atoms with Gasteiger partial charge < -0.3 is 9.84 Å². The van der Waals surface area contributed by atoms with Crippen LogP contribution in [0.15, 0.2) is 18.2 Å². The van der Waals surface area contributed by atoms with Gasteiger partial charge in [0.05, 0.1) is 18.8 Å². The zero-order valence-corrected chi connectivity index (χ0v) is 8.57. The largest absolute Gasteiger partial charge is 0.465 e. The molecule has 76 valence electrons.